The van der Waals surface area contributed by atoms with Crippen molar-refractivity contribution in [2.45, 2.75) is 22.9 Å². The Morgan fingerprint density at radius 3 is 1.21 bits per heavy atom. The molecule has 0 N–H and O–H groups in total. The van der Waals surface area contributed by atoms with Gasteiger partial charge in [-0.2, -0.15) is 26.3 Å². The SMILES string of the molecule is FC(F)(F)C(SC(c1cc(Br)c(Cl)cc1Cl)C(F)(F)F)c1cc(Br)c(Cl)cc1Cl. The summed E-state index contributed by atoms with van der Waals surface area (Å²) in [7, 11) is 0. The highest BCUT2D eigenvalue weighted by atomic mass is 79.9. The third-order valence-corrected chi connectivity index (χ3v) is 8.15. The summed E-state index contributed by atoms with van der Waals surface area (Å²) in [6.45, 7) is 0. The van der Waals surface area contributed by atoms with Crippen LogP contribution in [-0.4, -0.2) is 12.4 Å². The molecule has 0 bridgehead atoms. The van der Waals surface area contributed by atoms with Crippen LogP contribution in [0.25, 0.3) is 0 Å². The molecular formula is C16H6Br2Cl4F6S. The number of hydrogen-bond donors (Lipinski definition) is 0. The van der Waals surface area contributed by atoms with Crippen molar-refractivity contribution in [2.24, 2.45) is 0 Å². The Balaban J connectivity index is 2.63. The van der Waals surface area contributed by atoms with E-state index in [1.165, 1.54) is 0 Å². The number of thioether (sulfide) groups is 1. The van der Waals surface area contributed by atoms with Crippen molar-refractivity contribution in [3.63, 3.8) is 0 Å². The van der Waals surface area contributed by atoms with Crippen LogP contribution in [0.15, 0.2) is 33.2 Å². The number of hydrogen-bond acceptors (Lipinski definition) is 1. The highest BCUT2D eigenvalue weighted by molar-refractivity contribution is 9.10. The summed E-state index contributed by atoms with van der Waals surface area (Å²) in [5, 5.41) is -6.03. The lowest BCUT2D eigenvalue weighted by Gasteiger charge is -2.28. The zero-order valence-corrected chi connectivity index (χ0v) is 20.4. The largest absolute Gasteiger partial charge is 0.404 e. The Morgan fingerprint density at radius 1 is 0.621 bits per heavy atom. The van der Waals surface area contributed by atoms with Gasteiger partial charge in [-0.3, -0.25) is 0 Å². The van der Waals surface area contributed by atoms with Crippen LogP contribution in [-0.2, 0) is 0 Å². The van der Waals surface area contributed by atoms with Crippen LogP contribution in [0.2, 0.25) is 20.1 Å². The summed E-state index contributed by atoms with van der Waals surface area (Å²) in [5.74, 6) is 0. The van der Waals surface area contributed by atoms with Gasteiger partial charge in [-0.05, 0) is 67.3 Å². The molecule has 0 aliphatic heterocycles. The lowest BCUT2D eigenvalue weighted by molar-refractivity contribution is -0.136. The van der Waals surface area contributed by atoms with Crippen LogP contribution in [0.4, 0.5) is 26.3 Å². The van der Waals surface area contributed by atoms with E-state index in [4.69, 9.17) is 46.4 Å². The zero-order chi connectivity index (χ0) is 22.3. The van der Waals surface area contributed by atoms with Gasteiger partial charge in [0.1, 0.15) is 10.5 Å². The maximum atomic E-state index is 13.8. The molecule has 0 aromatic heterocycles. The van der Waals surface area contributed by atoms with Crippen LogP contribution < -0.4 is 0 Å². The Morgan fingerprint density at radius 2 is 0.931 bits per heavy atom. The quantitative estimate of drug-likeness (QED) is 0.236. The molecular weight excluding hydrogens is 640 g/mol. The molecule has 2 atom stereocenters. The van der Waals surface area contributed by atoms with Crippen LogP contribution in [0.5, 0.6) is 0 Å². The van der Waals surface area contributed by atoms with Gasteiger partial charge in [0.05, 0.1) is 10.0 Å². The van der Waals surface area contributed by atoms with Crippen LogP contribution >= 0.6 is 90.0 Å². The van der Waals surface area contributed by atoms with Crippen molar-refractivity contribution in [1.82, 2.24) is 0 Å². The smallest absolute Gasteiger partial charge is 0.169 e. The number of benzene rings is 2. The molecule has 0 radical (unpaired) electrons. The Labute approximate surface area is 202 Å². The van der Waals surface area contributed by atoms with Crippen molar-refractivity contribution >= 4 is 90.0 Å². The normalized spacial score (nSPS) is 14.8. The molecule has 0 nitrogen and oxygen atoms in total. The van der Waals surface area contributed by atoms with Gasteiger partial charge in [0.15, 0.2) is 0 Å². The summed E-state index contributed by atoms with van der Waals surface area (Å²) in [6, 6.07) is 3.94. The molecule has 13 heteroatoms. The van der Waals surface area contributed by atoms with Gasteiger partial charge in [-0.15, -0.1) is 11.8 Å². The first-order chi connectivity index (χ1) is 13.1. The highest BCUT2D eigenvalue weighted by Crippen LogP contribution is 2.57. The molecule has 0 aliphatic carbocycles. The average molecular weight is 646 g/mol. The summed E-state index contributed by atoms with van der Waals surface area (Å²) in [6.07, 6.45) is -10.1. The lowest BCUT2D eigenvalue weighted by Crippen LogP contribution is -2.25. The third-order valence-electron chi connectivity index (χ3n) is 3.51. The molecule has 2 aromatic rings. The number of alkyl halides is 6. The van der Waals surface area contributed by atoms with E-state index in [2.05, 4.69) is 31.9 Å². The molecule has 160 valence electrons. The minimum atomic E-state index is -5.05. The Kier molecular flexibility index (Phi) is 8.48. The molecule has 0 fully saturated rings. The summed E-state index contributed by atoms with van der Waals surface area (Å²) < 4.78 is 82.7. The molecule has 2 rings (SSSR count). The van der Waals surface area contributed by atoms with E-state index >= 15 is 0 Å². The van der Waals surface area contributed by atoms with Gasteiger partial charge < -0.3 is 0 Å². The Bertz CT molecular complexity index is 846. The van der Waals surface area contributed by atoms with Crippen LogP contribution in [0, 0.1) is 0 Å². The molecule has 0 saturated heterocycles. The fraction of sp³-hybridized carbons (Fsp3) is 0.250. The second-order valence-electron chi connectivity index (χ2n) is 5.56. The fourth-order valence-corrected chi connectivity index (χ4v) is 5.37. The molecule has 29 heavy (non-hydrogen) atoms. The van der Waals surface area contributed by atoms with Gasteiger partial charge in [0.25, 0.3) is 0 Å². The first-order valence-electron chi connectivity index (χ1n) is 7.20. The molecule has 0 heterocycles. The fourth-order valence-electron chi connectivity index (χ4n) is 2.27. The van der Waals surface area contributed by atoms with Crippen molar-refractivity contribution in [1.29, 1.82) is 0 Å². The average Bonchev–Trinajstić information content (AvgIpc) is 2.54. The van der Waals surface area contributed by atoms with Crippen LogP contribution in [0.1, 0.15) is 21.6 Å². The minimum absolute atomic E-state index is 0.0155. The van der Waals surface area contributed by atoms with Crippen LogP contribution in [0.3, 0.4) is 0 Å². The van der Waals surface area contributed by atoms with E-state index in [-0.39, 0.29) is 30.8 Å². The van der Waals surface area contributed by atoms with E-state index in [1.54, 1.807) is 0 Å². The van der Waals surface area contributed by atoms with Gasteiger partial charge in [0.2, 0.25) is 0 Å². The van der Waals surface area contributed by atoms with Crippen molar-refractivity contribution in [2.75, 3.05) is 0 Å². The molecule has 2 unspecified atom stereocenters. The second kappa shape index (κ2) is 9.55. The first kappa shape index (κ1) is 25.7. The summed E-state index contributed by atoms with van der Waals surface area (Å²) in [4.78, 5) is 0. The molecule has 0 spiro atoms. The van der Waals surface area contributed by atoms with E-state index < -0.39 is 44.0 Å². The van der Waals surface area contributed by atoms with Gasteiger partial charge in [-0.25, -0.2) is 0 Å². The maximum Gasteiger partial charge on any atom is 0.404 e. The zero-order valence-electron chi connectivity index (χ0n) is 13.4. The van der Waals surface area contributed by atoms with Gasteiger partial charge in [-0.1, -0.05) is 46.4 Å². The lowest BCUT2D eigenvalue weighted by atomic mass is 10.1. The molecule has 0 amide bonds. The predicted octanol–water partition coefficient (Wildman–Crippen LogP) is 10.5. The second-order valence-corrected chi connectivity index (χ2v) is 10.1. The predicted molar refractivity (Wildman–Crippen MR) is 114 cm³/mol. The standard InChI is InChI=1S/C16H6Br2Cl4F6S/c17-7-1-5(9(19)3-11(7)21)13(15(23,24)25)29-14(16(26,27)28)6-2-8(18)12(22)4-10(6)20/h1-4,13-14H. The van der Waals surface area contributed by atoms with Crippen molar-refractivity contribution in [3.05, 3.63) is 64.4 Å². The first-order valence-corrected chi connectivity index (χ1v) is 11.2. The number of halogens is 12. The van der Waals surface area contributed by atoms with Crippen molar-refractivity contribution < 1.29 is 26.3 Å². The van der Waals surface area contributed by atoms with E-state index in [1.807, 2.05) is 0 Å². The van der Waals surface area contributed by atoms with Gasteiger partial charge >= 0.3 is 12.4 Å². The topological polar surface area (TPSA) is 0 Å². The van der Waals surface area contributed by atoms with Gasteiger partial charge in [0, 0.05) is 19.0 Å². The molecule has 0 saturated carbocycles. The number of rotatable bonds is 4. The monoisotopic (exact) mass is 642 g/mol. The summed E-state index contributed by atoms with van der Waals surface area (Å²) in [5.41, 5.74) is -1.14. The van der Waals surface area contributed by atoms with E-state index in [9.17, 15) is 26.3 Å². The molecule has 0 aliphatic rings. The van der Waals surface area contributed by atoms with E-state index in [0.29, 0.717) is 0 Å². The maximum absolute atomic E-state index is 13.8. The molecule has 2 aromatic carbocycles. The van der Waals surface area contributed by atoms with E-state index in [0.717, 1.165) is 24.3 Å². The minimum Gasteiger partial charge on any atom is -0.169 e. The summed E-state index contributed by atoms with van der Waals surface area (Å²) >= 11 is 28.9. The third kappa shape index (κ3) is 6.26. The van der Waals surface area contributed by atoms with Crippen molar-refractivity contribution in [3.8, 4) is 0 Å². The Hall–Kier alpha value is 0.490. The highest BCUT2D eigenvalue weighted by Gasteiger charge is 2.51.